The number of esters is 1. The van der Waals surface area contributed by atoms with E-state index in [1.54, 1.807) is 53.5 Å². The van der Waals surface area contributed by atoms with Crippen LogP contribution in [0.5, 0.6) is 5.75 Å². The Bertz CT molecular complexity index is 934. The number of aromatic nitrogens is 3. The van der Waals surface area contributed by atoms with E-state index in [0.717, 1.165) is 5.69 Å². The smallest absolute Gasteiger partial charge is 0.338 e. The maximum atomic E-state index is 12.3. The topological polar surface area (TPSA) is 83.3 Å². The van der Waals surface area contributed by atoms with Crippen molar-refractivity contribution >= 4 is 11.8 Å². The number of benzene rings is 2. The fraction of sp³-hybridized carbons (Fsp3) is 0.200. The van der Waals surface area contributed by atoms with Crippen molar-refractivity contribution in [2.75, 3.05) is 6.61 Å². The molecule has 0 aliphatic carbocycles. The third-order valence-electron chi connectivity index (χ3n) is 3.91. The Morgan fingerprint density at radius 2 is 1.81 bits per heavy atom. The number of carbonyl (C=O) groups is 2. The average Bonchev–Trinajstić information content (AvgIpc) is 3.22. The molecule has 0 aliphatic heterocycles. The van der Waals surface area contributed by atoms with Crippen LogP contribution >= 0.6 is 0 Å². The van der Waals surface area contributed by atoms with E-state index in [4.69, 9.17) is 9.47 Å². The molecule has 7 heteroatoms. The number of ether oxygens (including phenoxy) is 2. The van der Waals surface area contributed by atoms with Crippen LogP contribution < -0.4 is 4.74 Å². The first-order valence-corrected chi connectivity index (χ1v) is 8.47. The molecule has 0 saturated carbocycles. The molecule has 7 nitrogen and oxygen atoms in total. The molecule has 0 fully saturated rings. The fourth-order valence-electron chi connectivity index (χ4n) is 2.53. The summed E-state index contributed by atoms with van der Waals surface area (Å²) in [6.07, 6.45) is 3.01. The quantitative estimate of drug-likeness (QED) is 0.472. The van der Waals surface area contributed by atoms with Gasteiger partial charge in [-0.1, -0.05) is 0 Å². The molecule has 2 aromatic carbocycles. The van der Waals surface area contributed by atoms with Crippen LogP contribution in [0.3, 0.4) is 0 Å². The molecule has 0 spiro atoms. The van der Waals surface area contributed by atoms with Gasteiger partial charge in [-0.2, -0.15) is 5.10 Å². The van der Waals surface area contributed by atoms with Crippen LogP contribution in [0.25, 0.3) is 5.69 Å². The van der Waals surface area contributed by atoms with E-state index in [9.17, 15) is 9.59 Å². The van der Waals surface area contributed by atoms with E-state index < -0.39 is 5.97 Å². The summed E-state index contributed by atoms with van der Waals surface area (Å²) in [5, 5.41) is 4.03. The van der Waals surface area contributed by atoms with E-state index >= 15 is 0 Å². The molecule has 0 amide bonds. The van der Waals surface area contributed by atoms with Gasteiger partial charge in [-0.3, -0.25) is 4.79 Å². The van der Waals surface area contributed by atoms with Crippen molar-refractivity contribution in [3.8, 4) is 11.4 Å². The SMILES string of the molecule is CCOc1ccc(C(C)=O)cc1COC(=O)c1ccc(-n2cncn2)cc1. The molecule has 1 aromatic heterocycles. The Hall–Kier alpha value is -3.48. The average molecular weight is 365 g/mol. The number of rotatable bonds is 7. The molecule has 0 radical (unpaired) electrons. The van der Waals surface area contributed by atoms with Crippen molar-refractivity contribution in [2.45, 2.75) is 20.5 Å². The van der Waals surface area contributed by atoms with Gasteiger partial charge in [0.2, 0.25) is 0 Å². The van der Waals surface area contributed by atoms with Crippen molar-refractivity contribution in [2.24, 2.45) is 0 Å². The van der Waals surface area contributed by atoms with E-state index in [-0.39, 0.29) is 12.4 Å². The molecule has 3 rings (SSSR count). The van der Waals surface area contributed by atoms with Gasteiger partial charge in [0.05, 0.1) is 17.9 Å². The summed E-state index contributed by atoms with van der Waals surface area (Å²) in [6, 6.07) is 11.9. The predicted octanol–water partition coefficient (Wildman–Crippen LogP) is 3.23. The van der Waals surface area contributed by atoms with Gasteiger partial charge < -0.3 is 9.47 Å². The minimum absolute atomic E-state index is 0.0140. The highest BCUT2D eigenvalue weighted by molar-refractivity contribution is 5.94. The van der Waals surface area contributed by atoms with Crippen LogP contribution in [-0.2, 0) is 11.3 Å². The molecule has 138 valence electrons. The first-order valence-electron chi connectivity index (χ1n) is 8.47. The molecule has 0 bridgehead atoms. The van der Waals surface area contributed by atoms with Gasteiger partial charge in [-0.25, -0.2) is 14.5 Å². The molecule has 0 unspecified atom stereocenters. The summed E-state index contributed by atoms with van der Waals surface area (Å²) in [5.41, 5.74) is 2.40. The van der Waals surface area contributed by atoms with Crippen LogP contribution in [0.4, 0.5) is 0 Å². The second kappa shape index (κ2) is 8.27. The summed E-state index contributed by atoms with van der Waals surface area (Å²) in [6.45, 7) is 3.84. The summed E-state index contributed by atoms with van der Waals surface area (Å²) in [5.74, 6) is 0.0713. The van der Waals surface area contributed by atoms with Crippen LogP contribution in [0.2, 0.25) is 0 Å². The zero-order chi connectivity index (χ0) is 19.2. The van der Waals surface area contributed by atoms with Gasteiger partial charge in [0.25, 0.3) is 0 Å². The highest BCUT2D eigenvalue weighted by Crippen LogP contribution is 2.22. The number of hydrogen-bond donors (Lipinski definition) is 0. The largest absolute Gasteiger partial charge is 0.493 e. The van der Waals surface area contributed by atoms with Gasteiger partial charge in [0.1, 0.15) is 25.0 Å². The number of carbonyl (C=O) groups excluding carboxylic acids is 2. The second-order valence-corrected chi connectivity index (χ2v) is 5.77. The standard InChI is InChI=1S/C20H19N3O4/c1-3-26-19-9-6-16(14(2)24)10-17(19)11-27-20(25)15-4-7-18(8-5-15)23-13-21-12-22-23/h4-10,12-13H,3,11H2,1-2H3. The summed E-state index contributed by atoms with van der Waals surface area (Å²) >= 11 is 0. The first-order chi connectivity index (χ1) is 13.1. The molecule has 0 atom stereocenters. The van der Waals surface area contributed by atoms with Crippen LogP contribution in [0.1, 0.15) is 40.1 Å². The summed E-state index contributed by atoms with van der Waals surface area (Å²) < 4.78 is 12.5. The van der Waals surface area contributed by atoms with Crippen LogP contribution in [0, 0.1) is 0 Å². The van der Waals surface area contributed by atoms with E-state index in [0.29, 0.717) is 29.0 Å². The van der Waals surface area contributed by atoms with Crippen LogP contribution in [-0.4, -0.2) is 33.1 Å². The first kappa shape index (κ1) is 18.3. The normalized spacial score (nSPS) is 10.4. The van der Waals surface area contributed by atoms with E-state index in [1.165, 1.54) is 13.3 Å². The predicted molar refractivity (Wildman–Crippen MR) is 98.1 cm³/mol. The Morgan fingerprint density at radius 1 is 1.07 bits per heavy atom. The lowest BCUT2D eigenvalue weighted by Gasteiger charge is -2.12. The minimum Gasteiger partial charge on any atom is -0.493 e. The number of nitrogens with zero attached hydrogens (tertiary/aromatic N) is 3. The molecule has 1 heterocycles. The van der Waals surface area contributed by atoms with Crippen molar-refractivity contribution in [1.82, 2.24) is 14.8 Å². The number of ketones is 1. The molecule has 0 saturated heterocycles. The lowest BCUT2D eigenvalue weighted by atomic mass is 10.1. The lowest BCUT2D eigenvalue weighted by molar-refractivity contribution is 0.0469. The van der Waals surface area contributed by atoms with E-state index in [2.05, 4.69) is 10.1 Å². The molecule has 27 heavy (non-hydrogen) atoms. The van der Waals surface area contributed by atoms with Crippen LogP contribution in [0.15, 0.2) is 55.1 Å². The summed E-state index contributed by atoms with van der Waals surface area (Å²) in [4.78, 5) is 27.8. The molecule has 0 N–H and O–H groups in total. The Morgan fingerprint density at radius 3 is 2.44 bits per heavy atom. The van der Waals surface area contributed by atoms with Gasteiger partial charge in [0, 0.05) is 11.1 Å². The maximum Gasteiger partial charge on any atom is 0.338 e. The fourth-order valence-corrected chi connectivity index (χ4v) is 2.53. The number of hydrogen-bond acceptors (Lipinski definition) is 6. The van der Waals surface area contributed by atoms with E-state index in [1.807, 2.05) is 6.92 Å². The maximum absolute atomic E-state index is 12.3. The Labute approximate surface area is 156 Å². The highest BCUT2D eigenvalue weighted by Gasteiger charge is 2.12. The highest BCUT2D eigenvalue weighted by atomic mass is 16.5. The molecule has 3 aromatic rings. The number of Topliss-reactive ketones (excluding diaryl/α,β-unsaturated/α-hetero) is 1. The minimum atomic E-state index is -0.462. The van der Waals surface area contributed by atoms with Gasteiger partial charge in [0.15, 0.2) is 5.78 Å². The Kier molecular flexibility index (Phi) is 5.61. The van der Waals surface area contributed by atoms with Crippen molar-refractivity contribution in [3.05, 3.63) is 71.8 Å². The van der Waals surface area contributed by atoms with Crippen molar-refractivity contribution < 1.29 is 19.1 Å². The second-order valence-electron chi connectivity index (χ2n) is 5.77. The van der Waals surface area contributed by atoms with Crippen molar-refractivity contribution in [1.29, 1.82) is 0 Å². The molecular formula is C20H19N3O4. The zero-order valence-corrected chi connectivity index (χ0v) is 15.1. The third kappa shape index (κ3) is 4.38. The molecule has 0 aliphatic rings. The molecular weight excluding hydrogens is 346 g/mol. The summed E-state index contributed by atoms with van der Waals surface area (Å²) in [7, 11) is 0. The Balaban J connectivity index is 1.71. The van der Waals surface area contributed by atoms with Gasteiger partial charge >= 0.3 is 5.97 Å². The monoisotopic (exact) mass is 365 g/mol. The van der Waals surface area contributed by atoms with Crippen molar-refractivity contribution in [3.63, 3.8) is 0 Å². The lowest BCUT2D eigenvalue weighted by Crippen LogP contribution is -2.08. The third-order valence-corrected chi connectivity index (χ3v) is 3.91. The zero-order valence-electron chi connectivity index (χ0n) is 15.1. The van der Waals surface area contributed by atoms with Gasteiger partial charge in [-0.15, -0.1) is 0 Å². The van der Waals surface area contributed by atoms with Gasteiger partial charge in [-0.05, 0) is 56.3 Å².